The Balaban J connectivity index is -0.0000000504. The van der Waals surface area contributed by atoms with E-state index in [-0.39, 0.29) is 81.2 Å². The fraction of sp³-hybridized carbons (Fsp3) is 0.143. The van der Waals surface area contributed by atoms with Crippen LogP contribution in [0.2, 0.25) is 0 Å². The molecule has 2 unspecified atom stereocenters. The van der Waals surface area contributed by atoms with Crippen molar-refractivity contribution >= 4 is 83.5 Å². The number of benzene rings is 1. The Morgan fingerprint density at radius 2 is 1.69 bits per heavy atom. The topological polar surface area (TPSA) is 57.5 Å². The maximum absolute atomic E-state index is 10.4. The van der Waals surface area contributed by atoms with Crippen molar-refractivity contribution in [2.45, 2.75) is 5.85 Å². The van der Waals surface area contributed by atoms with Gasteiger partial charge < -0.3 is 10.8 Å². The Kier molecular flexibility index (Phi) is 11.9. The molecule has 0 spiro atoms. The number of aliphatic hydroxyl groups excluding tert-OH is 1. The summed E-state index contributed by atoms with van der Waals surface area (Å²) in [4.78, 5) is 8.53. The molecule has 6 heteroatoms. The van der Waals surface area contributed by atoms with E-state index in [2.05, 4.69) is 0 Å². The number of hydrogen-bond acceptors (Lipinski definition) is 2. The summed E-state index contributed by atoms with van der Waals surface area (Å²) in [7, 11) is -2.53. The SMILES string of the molecule is O=[P+](O)C(O)c1ccccc1.[Ca+2].[Ca+2].[H-].[H-].[H-].[H-]. The van der Waals surface area contributed by atoms with E-state index in [0.717, 1.165) is 0 Å². The van der Waals surface area contributed by atoms with E-state index in [1.165, 1.54) is 0 Å². The molecular formula is C7H12Ca2O3P+. The molecule has 1 aromatic carbocycles. The van der Waals surface area contributed by atoms with Gasteiger partial charge in [-0.2, -0.15) is 4.89 Å². The van der Waals surface area contributed by atoms with Crippen LogP contribution >= 0.6 is 8.03 Å². The third kappa shape index (κ3) is 6.03. The molecule has 0 bridgehead atoms. The molecule has 0 saturated heterocycles. The number of rotatable bonds is 2. The van der Waals surface area contributed by atoms with E-state index >= 15 is 0 Å². The van der Waals surface area contributed by atoms with E-state index in [1.807, 2.05) is 0 Å². The van der Waals surface area contributed by atoms with Crippen molar-refractivity contribution in [1.29, 1.82) is 0 Å². The summed E-state index contributed by atoms with van der Waals surface area (Å²) in [6.45, 7) is 0. The molecule has 0 fully saturated rings. The van der Waals surface area contributed by atoms with Crippen LogP contribution in [0.1, 0.15) is 17.1 Å². The predicted octanol–water partition coefficient (Wildman–Crippen LogP) is 1.10. The molecule has 0 aliphatic carbocycles. The van der Waals surface area contributed by atoms with E-state index in [9.17, 15) is 4.57 Å². The second kappa shape index (κ2) is 9.02. The van der Waals surface area contributed by atoms with Crippen LogP contribution in [0.3, 0.4) is 0 Å². The average Bonchev–Trinajstić information content (AvgIpc) is 2.05. The Bertz CT molecular complexity index is 269. The Labute approximate surface area is 143 Å². The monoisotopic (exact) mass is 255 g/mol. The first-order chi connectivity index (χ1) is 5.22. The summed E-state index contributed by atoms with van der Waals surface area (Å²) in [5, 5.41) is 9.06. The molecule has 2 N–H and O–H groups in total. The number of hydrogen-bond donors (Lipinski definition) is 2. The smallest absolute Gasteiger partial charge is 1.00 e. The molecule has 0 amide bonds. The Hall–Kier alpha value is 1.76. The van der Waals surface area contributed by atoms with Crippen LogP contribution in [0.15, 0.2) is 30.3 Å². The largest absolute Gasteiger partial charge is 2.00 e. The van der Waals surface area contributed by atoms with Gasteiger partial charge in [0.2, 0.25) is 0 Å². The van der Waals surface area contributed by atoms with Crippen LogP contribution in [0, 0.1) is 0 Å². The molecule has 1 rings (SSSR count). The normalized spacial score (nSPS) is 12.0. The second-order valence-electron chi connectivity index (χ2n) is 2.09. The fourth-order valence-corrected chi connectivity index (χ4v) is 1.18. The zero-order chi connectivity index (χ0) is 8.27. The van der Waals surface area contributed by atoms with Crippen molar-refractivity contribution in [3.63, 3.8) is 0 Å². The zero-order valence-corrected chi connectivity index (χ0v) is 12.4. The molecule has 0 aromatic heterocycles. The van der Waals surface area contributed by atoms with E-state index in [0.29, 0.717) is 5.56 Å². The van der Waals surface area contributed by atoms with Crippen molar-refractivity contribution < 1.29 is 20.3 Å². The quantitative estimate of drug-likeness (QED) is 0.614. The van der Waals surface area contributed by atoms with Crippen molar-refractivity contribution in [3.8, 4) is 0 Å². The third-order valence-corrected chi connectivity index (χ3v) is 2.02. The summed E-state index contributed by atoms with van der Waals surface area (Å²) in [5.41, 5.74) is 0.469. The van der Waals surface area contributed by atoms with Crippen LogP contribution in [0.5, 0.6) is 0 Å². The minimum atomic E-state index is -2.53. The molecule has 0 radical (unpaired) electrons. The molecule has 0 aliphatic rings. The minimum Gasteiger partial charge on any atom is -1.00 e. The van der Waals surface area contributed by atoms with E-state index in [1.54, 1.807) is 30.3 Å². The van der Waals surface area contributed by atoms with Gasteiger partial charge in [0, 0.05) is 5.56 Å². The second-order valence-corrected chi connectivity index (χ2v) is 3.18. The summed E-state index contributed by atoms with van der Waals surface area (Å²) in [6, 6.07) is 8.40. The van der Waals surface area contributed by atoms with Crippen LogP contribution in [0.4, 0.5) is 0 Å². The van der Waals surface area contributed by atoms with Crippen molar-refractivity contribution in [1.82, 2.24) is 0 Å². The molecule has 3 nitrogen and oxygen atoms in total. The van der Waals surface area contributed by atoms with Gasteiger partial charge in [-0.1, -0.05) is 30.3 Å². The zero-order valence-electron chi connectivity index (χ0n) is 11.1. The Morgan fingerprint density at radius 1 is 1.23 bits per heavy atom. The summed E-state index contributed by atoms with van der Waals surface area (Å²) in [5.74, 6) is -1.26. The van der Waals surface area contributed by atoms with Crippen LogP contribution in [0.25, 0.3) is 0 Å². The molecule has 0 saturated carbocycles. The van der Waals surface area contributed by atoms with Crippen molar-refractivity contribution in [2.24, 2.45) is 0 Å². The average molecular weight is 255 g/mol. The van der Waals surface area contributed by atoms with Crippen LogP contribution in [-0.4, -0.2) is 85.5 Å². The summed E-state index contributed by atoms with van der Waals surface area (Å²) < 4.78 is 10.4. The van der Waals surface area contributed by atoms with E-state index < -0.39 is 13.9 Å². The van der Waals surface area contributed by atoms with E-state index in [4.69, 9.17) is 10.00 Å². The van der Waals surface area contributed by atoms with Gasteiger partial charge >= 0.3 is 89.3 Å². The minimum absolute atomic E-state index is 0. The summed E-state index contributed by atoms with van der Waals surface area (Å²) >= 11 is 0. The van der Waals surface area contributed by atoms with Gasteiger partial charge in [0.1, 0.15) is 0 Å². The maximum atomic E-state index is 10.4. The molecule has 66 valence electrons. The van der Waals surface area contributed by atoms with Gasteiger partial charge in [-0.15, -0.1) is 0 Å². The predicted molar refractivity (Wildman–Crippen MR) is 57.2 cm³/mol. The van der Waals surface area contributed by atoms with Crippen molar-refractivity contribution in [3.05, 3.63) is 35.9 Å². The molecule has 2 atom stereocenters. The summed E-state index contributed by atoms with van der Waals surface area (Å²) in [6.07, 6.45) is 0. The van der Waals surface area contributed by atoms with Gasteiger partial charge in [-0.3, -0.25) is 0 Å². The molecule has 1 aromatic rings. The maximum Gasteiger partial charge on any atom is 2.00 e. The fourth-order valence-electron chi connectivity index (χ4n) is 0.753. The molecule has 13 heavy (non-hydrogen) atoms. The van der Waals surface area contributed by atoms with Gasteiger partial charge in [0.05, 0.1) is 0 Å². The van der Waals surface area contributed by atoms with Gasteiger partial charge in [0.25, 0.3) is 0 Å². The molecule has 0 heterocycles. The number of aliphatic hydroxyl groups is 1. The standard InChI is InChI=1S/C7H7O3P.2Ca.4H/c8-7(11(9)10)6-4-2-1-3-5-6;;;;;;/h1-5,7-8H;;;;;;/q;2*+2;4*-1/p+1. The van der Waals surface area contributed by atoms with Gasteiger partial charge in [-0.25, -0.2) is 0 Å². The first kappa shape index (κ1) is 17.2. The Morgan fingerprint density at radius 3 is 2.08 bits per heavy atom. The molecule has 0 aliphatic heterocycles. The van der Waals surface area contributed by atoms with Crippen LogP contribution in [-0.2, 0) is 4.57 Å². The molecular weight excluding hydrogens is 243 g/mol. The third-order valence-electron chi connectivity index (χ3n) is 1.31. The van der Waals surface area contributed by atoms with Gasteiger partial charge in [0.15, 0.2) is 0 Å². The first-order valence-electron chi connectivity index (χ1n) is 3.10. The first-order valence-corrected chi connectivity index (χ1v) is 4.38. The van der Waals surface area contributed by atoms with Crippen LogP contribution < -0.4 is 0 Å². The van der Waals surface area contributed by atoms with Gasteiger partial charge in [-0.05, 0) is 4.57 Å². The van der Waals surface area contributed by atoms with Crippen molar-refractivity contribution in [2.75, 3.05) is 0 Å².